The lowest BCUT2D eigenvalue weighted by atomic mass is 10.0. The van der Waals surface area contributed by atoms with Crippen molar-refractivity contribution in [2.45, 2.75) is 95.8 Å². The van der Waals surface area contributed by atoms with Crippen molar-refractivity contribution in [1.82, 2.24) is 0 Å². The highest BCUT2D eigenvalue weighted by molar-refractivity contribution is 6.38. The molecule has 198 valence electrons. The van der Waals surface area contributed by atoms with E-state index < -0.39 is 17.1 Å². The summed E-state index contributed by atoms with van der Waals surface area (Å²) in [5, 5.41) is -2.11. The smallest absolute Gasteiger partial charge is 0.332 e. The molecule has 0 spiro atoms. The molecule has 2 unspecified atom stereocenters. The summed E-state index contributed by atoms with van der Waals surface area (Å²) in [5.41, 5.74) is 0.757. The molecule has 0 bridgehead atoms. The van der Waals surface area contributed by atoms with E-state index >= 15 is 0 Å². The number of imide groups is 1. The molecule has 2 aromatic carbocycles. The summed E-state index contributed by atoms with van der Waals surface area (Å²) in [6.45, 7) is 4.12. The predicted octanol–water partition coefficient (Wildman–Crippen LogP) is 8.12. The maximum atomic E-state index is 13.6. The minimum atomic E-state index is -2.11. The first-order chi connectivity index (χ1) is 17.4. The van der Waals surface area contributed by atoms with Crippen LogP contribution >= 0.6 is 11.6 Å². The Morgan fingerprint density at radius 3 is 1.86 bits per heavy atom. The largest absolute Gasteiger partial charge is 0.333 e. The Morgan fingerprint density at radius 1 is 0.833 bits per heavy atom. The third kappa shape index (κ3) is 9.68. The highest BCUT2D eigenvalue weighted by Crippen LogP contribution is 2.29. The summed E-state index contributed by atoms with van der Waals surface area (Å²) in [6, 6.07) is 17.3. The Labute approximate surface area is 222 Å². The molecule has 6 heteroatoms. The fourth-order valence-electron chi connectivity index (χ4n) is 4.17. The fraction of sp³-hybridized carbons (Fsp3) is 0.533. The van der Waals surface area contributed by atoms with Gasteiger partial charge < -0.3 is 9.47 Å². The number of alkyl halides is 1. The molecule has 36 heavy (non-hydrogen) atoms. The van der Waals surface area contributed by atoms with Crippen LogP contribution in [0.15, 0.2) is 60.7 Å². The van der Waals surface area contributed by atoms with Gasteiger partial charge in [0.25, 0.3) is 5.91 Å². The van der Waals surface area contributed by atoms with Gasteiger partial charge in [0.15, 0.2) is 0 Å². The first-order valence-electron chi connectivity index (χ1n) is 13.3. The van der Waals surface area contributed by atoms with Gasteiger partial charge in [-0.1, -0.05) is 108 Å². The zero-order valence-electron chi connectivity index (χ0n) is 22.1. The van der Waals surface area contributed by atoms with Crippen molar-refractivity contribution < 1.29 is 19.1 Å². The van der Waals surface area contributed by atoms with E-state index in [4.69, 9.17) is 21.1 Å². The predicted molar refractivity (Wildman–Crippen MR) is 147 cm³/mol. The van der Waals surface area contributed by atoms with Crippen LogP contribution in [0.3, 0.4) is 0 Å². The van der Waals surface area contributed by atoms with Crippen molar-refractivity contribution in [3.8, 4) is 0 Å². The van der Waals surface area contributed by atoms with Crippen molar-refractivity contribution in [1.29, 1.82) is 0 Å². The van der Waals surface area contributed by atoms with E-state index in [0.717, 1.165) is 24.2 Å². The number of unbranched alkanes of at least 4 members (excludes halogenated alkanes) is 9. The Morgan fingerprint density at radius 2 is 1.33 bits per heavy atom. The van der Waals surface area contributed by atoms with E-state index in [-0.39, 0.29) is 6.10 Å². The second-order valence-electron chi connectivity index (χ2n) is 9.29. The zero-order chi connectivity index (χ0) is 26.2. The topological polar surface area (TPSA) is 55.8 Å². The third-order valence-corrected chi connectivity index (χ3v) is 6.68. The van der Waals surface area contributed by atoms with Crippen LogP contribution in [0.25, 0.3) is 0 Å². The van der Waals surface area contributed by atoms with Gasteiger partial charge in [-0.3, -0.25) is 9.59 Å². The molecule has 0 radical (unpaired) electrons. The van der Waals surface area contributed by atoms with Crippen molar-refractivity contribution in [2.24, 2.45) is 0 Å². The number of nitrogens with zero attached hydrogens (tertiary/aromatic N) is 1. The highest BCUT2D eigenvalue weighted by Gasteiger charge is 2.45. The molecular weight excluding hydrogens is 474 g/mol. The van der Waals surface area contributed by atoms with Gasteiger partial charge in [0, 0.05) is 12.7 Å². The molecule has 0 aliphatic heterocycles. The van der Waals surface area contributed by atoms with Crippen molar-refractivity contribution in [3.63, 3.8) is 0 Å². The summed E-state index contributed by atoms with van der Waals surface area (Å²) < 4.78 is 11.3. The lowest BCUT2D eigenvalue weighted by Gasteiger charge is -2.32. The fourth-order valence-corrected chi connectivity index (χ4v) is 4.41. The maximum Gasteiger partial charge on any atom is 0.332 e. The normalized spacial score (nSPS) is 13.7. The average molecular weight is 516 g/mol. The summed E-state index contributed by atoms with van der Waals surface area (Å²) in [6.07, 6.45) is 12.9. The molecule has 0 aliphatic rings. The third-order valence-electron chi connectivity index (χ3n) is 6.28. The van der Waals surface area contributed by atoms with Gasteiger partial charge in [0.05, 0.1) is 11.8 Å². The molecule has 0 heterocycles. The van der Waals surface area contributed by atoms with Crippen molar-refractivity contribution >= 4 is 29.1 Å². The van der Waals surface area contributed by atoms with Gasteiger partial charge in [0.1, 0.15) is 0 Å². The van der Waals surface area contributed by atoms with Gasteiger partial charge >= 0.3 is 11.2 Å². The number of carbonyl (C=O) groups is 2. The monoisotopic (exact) mass is 515 g/mol. The second-order valence-corrected chi connectivity index (χ2v) is 9.78. The first kappa shape index (κ1) is 30.0. The molecule has 0 saturated heterocycles. The van der Waals surface area contributed by atoms with Crippen molar-refractivity contribution in [2.75, 3.05) is 12.0 Å². The number of hydrogen-bond donors (Lipinski definition) is 0. The van der Waals surface area contributed by atoms with Crippen LogP contribution in [0, 0.1) is 0 Å². The molecule has 0 saturated carbocycles. The summed E-state index contributed by atoms with van der Waals surface area (Å²) in [5.74, 6) is -1.28. The number of methoxy groups -OCH3 is 1. The number of ether oxygens (including phenoxy) is 2. The van der Waals surface area contributed by atoms with Gasteiger partial charge in [-0.2, -0.15) is 0 Å². The number of carbonyl (C=O) groups excluding carboxylic acids is 2. The molecule has 2 rings (SSSR count). The molecule has 2 aromatic rings. The number of amides is 2. The zero-order valence-corrected chi connectivity index (χ0v) is 22.8. The van der Waals surface area contributed by atoms with E-state index in [1.54, 1.807) is 48.5 Å². The molecular formula is C30H42ClNO4. The number of rotatable bonds is 17. The Balaban J connectivity index is 1.94. The highest BCUT2D eigenvalue weighted by atomic mass is 35.5. The molecule has 0 fully saturated rings. The van der Waals surface area contributed by atoms with Crippen LogP contribution in [0.2, 0.25) is 0 Å². The minimum absolute atomic E-state index is 0.315. The van der Waals surface area contributed by atoms with Gasteiger partial charge in [-0.25, -0.2) is 4.90 Å². The number of anilines is 1. The number of para-hydroxylation sites is 1. The minimum Gasteiger partial charge on any atom is -0.333 e. The Bertz CT molecular complexity index is 892. The number of hydrogen-bond acceptors (Lipinski definition) is 4. The van der Waals surface area contributed by atoms with Crippen LogP contribution in [0.4, 0.5) is 5.69 Å². The first-order valence-corrected chi connectivity index (χ1v) is 13.7. The van der Waals surface area contributed by atoms with Gasteiger partial charge in [0.2, 0.25) is 0 Å². The Hall–Kier alpha value is -2.21. The van der Waals surface area contributed by atoms with E-state index in [0.29, 0.717) is 11.3 Å². The van der Waals surface area contributed by atoms with Crippen LogP contribution in [0.5, 0.6) is 0 Å². The van der Waals surface area contributed by atoms with Crippen molar-refractivity contribution in [3.05, 3.63) is 66.2 Å². The molecule has 2 amide bonds. The average Bonchev–Trinajstić information content (AvgIpc) is 2.90. The van der Waals surface area contributed by atoms with Crippen LogP contribution in [-0.4, -0.2) is 30.3 Å². The lowest BCUT2D eigenvalue weighted by Crippen LogP contribution is -2.52. The van der Waals surface area contributed by atoms with Gasteiger partial charge in [-0.15, -0.1) is 0 Å². The van der Waals surface area contributed by atoms with Crippen LogP contribution in [0.1, 0.15) is 94.8 Å². The van der Waals surface area contributed by atoms with E-state index in [1.165, 1.54) is 58.5 Å². The number of benzene rings is 2. The van der Waals surface area contributed by atoms with E-state index in [2.05, 4.69) is 6.92 Å². The maximum absolute atomic E-state index is 13.6. The quantitative estimate of drug-likeness (QED) is 0.121. The second kappa shape index (κ2) is 16.5. The molecule has 0 N–H and O–H groups in total. The standard InChI is InChI=1S/C30H42ClNO4/c1-4-5-6-7-8-9-10-11-12-15-20-25(2)36-30(31,35-3)29(34)32(27-23-18-14-19-24-27)28(33)26-21-16-13-17-22-26/h13-14,16-19,21-25H,4-12,15,20H2,1-3H3. The summed E-state index contributed by atoms with van der Waals surface area (Å²) in [7, 11) is 1.31. The summed E-state index contributed by atoms with van der Waals surface area (Å²) in [4.78, 5) is 28.0. The van der Waals surface area contributed by atoms with E-state index in [1.807, 2.05) is 19.1 Å². The van der Waals surface area contributed by atoms with Crippen LogP contribution < -0.4 is 4.90 Å². The lowest BCUT2D eigenvalue weighted by molar-refractivity contribution is -0.193. The summed E-state index contributed by atoms with van der Waals surface area (Å²) >= 11 is 6.59. The molecule has 2 atom stereocenters. The molecule has 0 aliphatic carbocycles. The van der Waals surface area contributed by atoms with Crippen LogP contribution in [-0.2, 0) is 14.3 Å². The molecule has 0 aromatic heterocycles. The molecule has 5 nitrogen and oxygen atoms in total. The van der Waals surface area contributed by atoms with E-state index in [9.17, 15) is 9.59 Å². The van der Waals surface area contributed by atoms with Gasteiger partial charge in [-0.05, 0) is 49.2 Å². The SMILES string of the molecule is CCCCCCCCCCCCC(C)OC(Cl)(OC)C(=O)N(C(=O)c1ccccc1)c1ccccc1. The number of halogens is 1. The Kier molecular flexibility index (Phi) is 13.8.